The van der Waals surface area contributed by atoms with Crippen LogP contribution in [-0.4, -0.2) is 37.0 Å². The minimum atomic E-state index is -0.516. The van der Waals surface area contributed by atoms with Crippen molar-refractivity contribution in [3.05, 3.63) is 29.8 Å². The third-order valence-electron chi connectivity index (χ3n) is 2.95. The minimum Gasteiger partial charge on any atom is -0.497 e. The van der Waals surface area contributed by atoms with E-state index in [1.165, 1.54) is 0 Å². The number of ether oxygens (including phenoxy) is 1. The van der Waals surface area contributed by atoms with Crippen LogP contribution in [-0.2, 0) is 0 Å². The summed E-state index contributed by atoms with van der Waals surface area (Å²) < 4.78 is 5.07. The normalized spacial score (nSPS) is 14.2. The van der Waals surface area contributed by atoms with E-state index in [9.17, 15) is 5.11 Å². The maximum absolute atomic E-state index is 9.97. The zero-order valence-electron chi connectivity index (χ0n) is 11.1. The van der Waals surface area contributed by atoms with Gasteiger partial charge in [0.25, 0.3) is 0 Å². The minimum absolute atomic E-state index is 0.212. The molecule has 0 aromatic heterocycles. The van der Waals surface area contributed by atoms with Crippen molar-refractivity contribution in [3.63, 3.8) is 0 Å². The number of nitrogens with one attached hydrogen (secondary N) is 1. The highest BCUT2D eigenvalue weighted by atomic mass is 16.5. The summed E-state index contributed by atoms with van der Waals surface area (Å²) in [6.45, 7) is 3.60. The molecule has 18 heavy (non-hydrogen) atoms. The molecule has 1 aromatic rings. The smallest absolute Gasteiger partial charge is 0.118 e. The van der Waals surface area contributed by atoms with E-state index in [-0.39, 0.29) is 6.61 Å². The van der Waals surface area contributed by atoms with E-state index in [1.807, 2.05) is 24.3 Å². The molecule has 4 heteroatoms. The molecule has 1 aromatic carbocycles. The van der Waals surface area contributed by atoms with Crippen LogP contribution in [0.15, 0.2) is 24.3 Å². The topological polar surface area (TPSA) is 61.7 Å². The van der Waals surface area contributed by atoms with Crippen molar-refractivity contribution in [2.24, 2.45) is 5.92 Å². The Labute approximate surface area is 109 Å². The van der Waals surface area contributed by atoms with Crippen LogP contribution in [0, 0.1) is 5.92 Å². The highest BCUT2D eigenvalue weighted by Gasteiger charge is 2.08. The van der Waals surface area contributed by atoms with Gasteiger partial charge in [-0.15, -0.1) is 0 Å². The zero-order valence-corrected chi connectivity index (χ0v) is 11.1. The first-order chi connectivity index (χ1) is 8.67. The third kappa shape index (κ3) is 5.04. The quantitative estimate of drug-likeness (QED) is 0.654. The van der Waals surface area contributed by atoms with Gasteiger partial charge in [-0.2, -0.15) is 0 Å². The predicted octanol–water partition coefficient (Wildman–Crippen LogP) is 1.34. The Hall–Kier alpha value is -1.10. The number of hydrogen-bond acceptors (Lipinski definition) is 4. The molecule has 0 fully saturated rings. The molecule has 0 amide bonds. The molecular formula is C14H23NO3. The molecule has 4 nitrogen and oxygen atoms in total. The predicted molar refractivity (Wildman–Crippen MR) is 71.7 cm³/mol. The van der Waals surface area contributed by atoms with Crippen LogP contribution >= 0.6 is 0 Å². The van der Waals surface area contributed by atoms with Crippen LogP contribution in [0.5, 0.6) is 5.75 Å². The van der Waals surface area contributed by atoms with Crippen molar-refractivity contribution >= 4 is 0 Å². The summed E-state index contributed by atoms with van der Waals surface area (Å²) in [5.74, 6) is 1.20. The first-order valence-corrected chi connectivity index (χ1v) is 6.31. The second-order valence-electron chi connectivity index (χ2n) is 4.56. The zero-order chi connectivity index (χ0) is 13.4. The fourth-order valence-electron chi connectivity index (χ4n) is 1.73. The summed E-state index contributed by atoms with van der Waals surface area (Å²) in [6.07, 6.45) is 0.267. The third-order valence-corrected chi connectivity index (χ3v) is 2.95. The SMILES string of the molecule is COc1ccc(C(O)CNCC(C)CCO)cc1. The molecule has 0 heterocycles. The van der Waals surface area contributed by atoms with Crippen molar-refractivity contribution in [3.8, 4) is 5.75 Å². The van der Waals surface area contributed by atoms with Gasteiger partial charge in [0, 0.05) is 13.2 Å². The average Bonchev–Trinajstić information content (AvgIpc) is 2.39. The van der Waals surface area contributed by atoms with Gasteiger partial charge in [0.2, 0.25) is 0 Å². The molecule has 0 saturated heterocycles. The average molecular weight is 253 g/mol. The summed E-state index contributed by atoms with van der Waals surface area (Å²) in [7, 11) is 1.62. The summed E-state index contributed by atoms with van der Waals surface area (Å²) in [5, 5.41) is 22.0. The van der Waals surface area contributed by atoms with Crippen LogP contribution in [0.25, 0.3) is 0 Å². The molecule has 0 saturated carbocycles. The van der Waals surface area contributed by atoms with Gasteiger partial charge in [0.1, 0.15) is 5.75 Å². The molecule has 0 aliphatic rings. The summed E-state index contributed by atoms with van der Waals surface area (Å²) in [4.78, 5) is 0. The molecular weight excluding hydrogens is 230 g/mol. The van der Waals surface area contributed by atoms with Crippen LogP contribution in [0.3, 0.4) is 0 Å². The highest BCUT2D eigenvalue weighted by Crippen LogP contribution is 2.16. The van der Waals surface area contributed by atoms with Gasteiger partial charge < -0.3 is 20.3 Å². The number of aliphatic hydroxyl groups is 2. The molecule has 0 bridgehead atoms. The Kier molecular flexibility index (Phi) is 6.72. The van der Waals surface area contributed by atoms with Crippen LogP contribution in [0.4, 0.5) is 0 Å². The van der Waals surface area contributed by atoms with E-state index in [4.69, 9.17) is 9.84 Å². The summed E-state index contributed by atoms with van der Waals surface area (Å²) in [5.41, 5.74) is 0.873. The van der Waals surface area contributed by atoms with Gasteiger partial charge in [-0.05, 0) is 36.6 Å². The van der Waals surface area contributed by atoms with E-state index in [2.05, 4.69) is 12.2 Å². The molecule has 0 spiro atoms. The lowest BCUT2D eigenvalue weighted by Gasteiger charge is -2.15. The molecule has 102 valence electrons. The number of hydrogen-bond donors (Lipinski definition) is 3. The Balaban J connectivity index is 2.33. The first-order valence-electron chi connectivity index (χ1n) is 6.31. The molecule has 2 atom stereocenters. The van der Waals surface area contributed by atoms with Crippen LogP contribution in [0.2, 0.25) is 0 Å². The summed E-state index contributed by atoms with van der Waals surface area (Å²) in [6, 6.07) is 7.41. The van der Waals surface area contributed by atoms with Gasteiger partial charge in [-0.1, -0.05) is 19.1 Å². The van der Waals surface area contributed by atoms with Gasteiger partial charge in [-0.3, -0.25) is 0 Å². The Morgan fingerprint density at radius 1 is 1.22 bits per heavy atom. The van der Waals surface area contributed by atoms with Gasteiger partial charge in [0.15, 0.2) is 0 Å². The van der Waals surface area contributed by atoms with E-state index in [1.54, 1.807) is 7.11 Å². The van der Waals surface area contributed by atoms with E-state index in [0.717, 1.165) is 24.3 Å². The second-order valence-corrected chi connectivity index (χ2v) is 4.56. The largest absolute Gasteiger partial charge is 0.497 e. The second kappa shape index (κ2) is 8.08. The molecule has 0 aliphatic heterocycles. The number of rotatable bonds is 8. The molecule has 3 N–H and O–H groups in total. The van der Waals surface area contributed by atoms with Crippen molar-refractivity contribution in [2.45, 2.75) is 19.4 Å². The first kappa shape index (κ1) is 15.0. The van der Waals surface area contributed by atoms with Crippen molar-refractivity contribution in [2.75, 3.05) is 26.8 Å². The van der Waals surface area contributed by atoms with Gasteiger partial charge in [0.05, 0.1) is 13.2 Å². The van der Waals surface area contributed by atoms with Gasteiger partial charge >= 0.3 is 0 Å². The molecule has 1 rings (SSSR count). The molecule has 0 radical (unpaired) electrons. The highest BCUT2D eigenvalue weighted by molar-refractivity contribution is 5.28. The lowest BCUT2D eigenvalue weighted by Crippen LogP contribution is -2.26. The standard InChI is InChI=1S/C14H23NO3/c1-11(7-8-16)9-15-10-14(17)12-3-5-13(18-2)6-4-12/h3-6,11,14-17H,7-10H2,1-2H3. The maximum Gasteiger partial charge on any atom is 0.118 e. The lowest BCUT2D eigenvalue weighted by atomic mass is 10.1. The molecule has 0 aliphatic carbocycles. The monoisotopic (exact) mass is 253 g/mol. The van der Waals surface area contributed by atoms with Crippen molar-refractivity contribution in [1.29, 1.82) is 0 Å². The lowest BCUT2D eigenvalue weighted by molar-refractivity contribution is 0.171. The summed E-state index contributed by atoms with van der Waals surface area (Å²) >= 11 is 0. The Bertz CT molecular complexity index is 326. The van der Waals surface area contributed by atoms with E-state index >= 15 is 0 Å². The van der Waals surface area contributed by atoms with E-state index < -0.39 is 6.10 Å². The van der Waals surface area contributed by atoms with Crippen LogP contribution < -0.4 is 10.1 Å². The number of aliphatic hydroxyl groups excluding tert-OH is 2. The van der Waals surface area contributed by atoms with E-state index in [0.29, 0.717) is 12.5 Å². The number of methoxy groups -OCH3 is 1. The molecule has 2 unspecified atom stereocenters. The van der Waals surface area contributed by atoms with Crippen molar-refractivity contribution < 1.29 is 14.9 Å². The fraction of sp³-hybridized carbons (Fsp3) is 0.571. The maximum atomic E-state index is 9.97. The van der Waals surface area contributed by atoms with Crippen LogP contribution in [0.1, 0.15) is 25.0 Å². The Morgan fingerprint density at radius 3 is 2.44 bits per heavy atom. The number of benzene rings is 1. The van der Waals surface area contributed by atoms with Gasteiger partial charge in [-0.25, -0.2) is 0 Å². The van der Waals surface area contributed by atoms with Crippen molar-refractivity contribution in [1.82, 2.24) is 5.32 Å². The Morgan fingerprint density at radius 2 is 1.89 bits per heavy atom. The fourth-order valence-corrected chi connectivity index (χ4v) is 1.73.